The van der Waals surface area contributed by atoms with Crippen molar-refractivity contribution in [3.05, 3.63) is 11.1 Å². The third kappa shape index (κ3) is 18.4. The van der Waals surface area contributed by atoms with E-state index < -0.39 is 17.9 Å². The van der Waals surface area contributed by atoms with Crippen LogP contribution in [0, 0.1) is 45.8 Å². The molecule has 0 saturated carbocycles. The Morgan fingerprint density at radius 2 is 1.32 bits per heavy atom. The van der Waals surface area contributed by atoms with E-state index in [2.05, 4.69) is 9.47 Å². The minimum Gasteiger partial charge on any atom is -0.468 e. The lowest BCUT2D eigenvalue weighted by Gasteiger charge is -2.24. The van der Waals surface area contributed by atoms with Gasteiger partial charge < -0.3 is 23.7 Å². The van der Waals surface area contributed by atoms with Crippen LogP contribution in [0.1, 0.15) is 51.9 Å². The molecule has 3 saturated heterocycles. The van der Waals surface area contributed by atoms with Crippen LogP contribution in [0.5, 0.6) is 0 Å². The van der Waals surface area contributed by atoms with Crippen molar-refractivity contribution in [1.82, 2.24) is 0 Å². The van der Waals surface area contributed by atoms with Gasteiger partial charge in [-0.05, 0) is 37.2 Å². The fraction of sp³-hybridized carbons (Fsp3) is 0.667. The minimum atomic E-state index is -0.617. The maximum atomic E-state index is 11.2. The highest BCUT2D eigenvalue weighted by molar-refractivity contribution is 5.93. The number of nitriles is 3. The van der Waals surface area contributed by atoms with Crippen LogP contribution >= 0.6 is 0 Å². The van der Waals surface area contributed by atoms with Crippen LogP contribution < -0.4 is 0 Å². The Morgan fingerprint density at radius 1 is 0.875 bits per heavy atom. The van der Waals surface area contributed by atoms with Gasteiger partial charge in [-0.1, -0.05) is 6.92 Å². The zero-order valence-corrected chi connectivity index (χ0v) is 23.3. The van der Waals surface area contributed by atoms with Gasteiger partial charge in [-0.3, -0.25) is 9.59 Å². The molecule has 220 valence electrons. The number of ketones is 1. The standard InChI is InChI=1S/C9H13NO3.C9H11NO3.C5H8O2.C3H5N.CO2/c2*1-12-9(11)8(6-10)7-2-4-13-5-3-7;6-5-1-3-7-4-2-5;1-2-3-4;2-1-3/h7-8H,2-5H2,1H3;2-5H2,1H3;1-4H2;2H2,1H3;. The average Bonchev–Trinajstić information content (AvgIpc) is 3.00. The molecule has 0 spiro atoms. The summed E-state index contributed by atoms with van der Waals surface area (Å²) < 4.78 is 24.2. The molecule has 0 amide bonds. The van der Waals surface area contributed by atoms with Gasteiger partial charge in [0.05, 0.1) is 52.8 Å². The normalized spacial score (nSPS) is 16.5. The van der Waals surface area contributed by atoms with Crippen molar-refractivity contribution in [2.45, 2.75) is 51.9 Å². The van der Waals surface area contributed by atoms with Gasteiger partial charge in [0.2, 0.25) is 0 Å². The summed E-state index contributed by atoms with van der Waals surface area (Å²) in [7, 11) is 2.59. The molecule has 0 bridgehead atoms. The molecule has 13 heteroatoms. The van der Waals surface area contributed by atoms with E-state index in [0.717, 1.165) is 18.4 Å². The minimum absolute atomic E-state index is 0.103. The fourth-order valence-electron chi connectivity index (χ4n) is 3.36. The molecular formula is C27H37N3O10. The number of esters is 2. The first-order valence-corrected chi connectivity index (χ1v) is 12.6. The Balaban J connectivity index is 0. The average molecular weight is 564 g/mol. The second kappa shape index (κ2) is 26.7. The molecule has 0 radical (unpaired) electrons. The smallest absolute Gasteiger partial charge is 0.373 e. The number of ether oxygens (including phenoxy) is 5. The summed E-state index contributed by atoms with van der Waals surface area (Å²) in [5, 5.41) is 25.1. The van der Waals surface area contributed by atoms with Crippen molar-refractivity contribution in [3.8, 4) is 18.2 Å². The highest BCUT2D eigenvalue weighted by Gasteiger charge is 2.30. The molecule has 0 aromatic rings. The molecule has 0 aliphatic carbocycles. The second-order valence-electron chi connectivity index (χ2n) is 8.02. The highest BCUT2D eigenvalue weighted by atomic mass is 16.5. The molecule has 3 rings (SSSR count). The number of carbonyl (C=O) groups is 3. The number of rotatable bonds is 3. The molecular weight excluding hydrogens is 526 g/mol. The molecule has 1 atom stereocenters. The Morgan fingerprint density at radius 3 is 1.65 bits per heavy atom. The van der Waals surface area contributed by atoms with Crippen molar-refractivity contribution in [3.63, 3.8) is 0 Å². The predicted octanol–water partition coefficient (Wildman–Crippen LogP) is 2.22. The lowest BCUT2D eigenvalue weighted by Crippen LogP contribution is -2.28. The second-order valence-corrected chi connectivity index (χ2v) is 8.02. The number of Topliss-reactive ketones (excluding diaryl/α,β-unsaturated/α-hetero) is 1. The number of hydrogen-bond donors (Lipinski definition) is 0. The maximum Gasteiger partial charge on any atom is 0.373 e. The first-order valence-electron chi connectivity index (χ1n) is 12.6. The molecule has 0 aromatic heterocycles. The molecule has 3 aliphatic rings. The Kier molecular flexibility index (Phi) is 25.5. The number of carbonyl (C=O) groups excluding carboxylic acids is 5. The van der Waals surface area contributed by atoms with E-state index >= 15 is 0 Å². The summed E-state index contributed by atoms with van der Waals surface area (Å²) >= 11 is 0. The highest BCUT2D eigenvalue weighted by Crippen LogP contribution is 2.24. The summed E-state index contributed by atoms with van der Waals surface area (Å²) in [4.78, 5) is 48.9. The summed E-state index contributed by atoms with van der Waals surface area (Å²) in [5.41, 5.74) is 0.992. The zero-order valence-electron chi connectivity index (χ0n) is 23.3. The molecule has 1 unspecified atom stereocenters. The van der Waals surface area contributed by atoms with Crippen molar-refractivity contribution < 1.29 is 47.7 Å². The first-order chi connectivity index (χ1) is 19.3. The van der Waals surface area contributed by atoms with Gasteiger partial charge in [0.15, 0.2) is 0 Å². The Labute approximate surface area is 234 Å². The number of nitrogens with zero attached hydrogens (tertiary/aromatic N) is 3. The SMILES string of the molecule is CCC#N.COC(=O)C(C#N)=C1CCOCC1.COC(=O)C(C#N)C1CCOCC1.O=C1CCOCC1.O=C=O. The van der Waals surface area contributed by atoms with E-state index in [4.69, 9.17) is 39.6 Å². The van der Waals surface area contributed by atoms with E-state index in [-0.39, 0.29) is 17.6 Å². The zero-order chi connectivity index (χ0) is 30.6. The van der Waals surface area contributed by atoms with Crippen LogP contribution in [0.25, 0.3) is 0 Å². The molecule has 40 heavy (non-hydrogen) atoms. The van der Waals surface area contributed by atoms with Gasteiger partial charge >= 0.3 is 18.1 Å². The monoisotopic (exact) mass is 563 g/mol. The van der Waals surface area contributed by atoms with E-state index in [1.807, 2.05) is 25.1 Å². The van der Waals surface area contributed by atoms with Crippen molar-refractivity contribution in [2.75, 3.05) is 53.9 Å². The molecule has 0 aromatic carbocycles. The van der Waals surface area contributed by atoms with Crippen molar-refractivity contribution in [2.24, 2.45) is 11.8 Å². The number of methoxy groups -OCH3 is 2. The lowest BCUT2D eigenvalue weighted by molar-refractivity contribution is -0.191. The van der Waals surface area contributed by atoms with Crippen molar-refractivity contribution in [1.29, 1.82) is 15.8 Å². The van der Waals surface area contributed by atoms with Crippen LogP contribution in [0.2, 0.25) is 0 Å². The largest absolute Gasteiger partial charge is 0.468 e. The van der Waals surface area contributed by atoms with Gasteiger partial charge in [-0.25, -0.2) is 4.79 Å². The van der Waals surface area contributed by atoms with Gasteiger partial charge in [-0.2, -0.15) is 25.4 Å². The van der Waals surface area contributed by atoms with Gasteiger partial charge in [0, 0.05) is 32.5 Å². The topological polar surface area (TPSA) is 203 Å². The van der Waals surface area contributed by atoms with E-state index in [0.29, 0.717) is 77.5 Å². The fourth-order valence-corrected chi connectivity index (χ4v) is 3.36. The van der Waals surface area contributed by atoms with Crippen LogP contribution in [0.15, 0.2) is 11.1 Å². The summed E-state index contributed by atoms with van der Waals surface area (Å²) in [6.07, 6.45) is 4.97. The Bertz CT molecular complexity index is 931. The van der Waals surface area contributed by atoms with Crippen LogP contribution in [0.3, 0.4) is 0 Å². The van der Waals surface area contributed by atoms with Gasteiger partial charge in [-0.15, -0.1) is 0 Å². The van der Waals surface area contributed by atoms with Crippen LogP contribution in [-0.2, 0) is 47.7 Å². The first kappa shape index (κ1) is 38.2. The number of hydrogen-bond acceptors (Lipinski definition) is 13. The lowest BCUT2D eigenvalue weighted by atomic mass is 9.87. The third-order valence-corrected chi connectivity index (χ3v) is 5.49. The van der Waals surface area contributed by atoms with Gasteiger partial charge in [0.25, 0.3) is 0 Å². The predicted molar refractivity (Wildman–Crippen MR) is 135 cm³/mol. The third-order valence-electron chi connectivity index (χ3n) is 5.49. The summed E-state index contributed by atoms with van der Waals surface area (Å²) in [5.74, 6) is -1.14. The molecule has 3 aliphatic heterocycles. The molecule has 0 N–H and O–H groups in total. The van der Waals surface area contributed by atoms with E-state index in [9.17, 15) is 14.4 Å². The van der Waals surface area contributed by atoms with Crippen LogP contribution in [-0.4, -0.2) is 77.7 Å². The van der Waals surface area contributed by atoms with Crippen LogP contribution in [0.4, 0.5) is 0 Å². The van der Waals surface area contributed by atoms with Crippen molar-refractivity contribution >= 4 is 23.9 Å². The quantitative estimate of drug-likeness (QED) is 0.275. The summed E-state index contributed by atoms with van der Waals surface area (Å²) in [6, 6.07) is 5.79. The summed E-state index contributed by atoms with van der Waals surface area (Å²) in [6.45, 7) is 5.53. The molecule has 13 nitrogen and oxygen atoms in total. The molecule has 3 heterocycles. The Hall–Kier alpha value is -3.92. The van der Waals surface area contributed by atoms with E-state index in [1.165, 1.54) is 14.2 Å². The van der Waals surface area contributed by atoms with Gasteiger partial charge in [0.1, 0.15) is 23.3 Å². The molecule has 3 fully saturated rings. The van der Waals surface area contributed by atoms with E-state index in [1.54, 1.807) is 0 Å². The maximum absolute atomic E-state index is 11.2.